The zero-order chi connectivity index (χ0) is 19.7. The molecule has 0 aromatic heterocycles. The number of rotatable bonds is 4. The standard InChI is InChI=1S/C24H29N3O/c1-17-10-9-14-21(18(17)2)25-23-20-13-7-8-15-22(20)27(24(23)28)16-26(3)19-11-5-4-6-12-19/h7-10,13-15,19H,4-6,11-12,16H2,1-3H3. The summed E-state index contributed by atoms with van der Waals surface area (Å²) in [7, 11) is 2.14. The van der Waals surface area contributed by atoms with E-state index in [-0.39, 0.29) is 5.91 Å². The Morgan fingerprint density at radius 3 is 2.57 bits per heavy atom. The molecule has 0 bridgehead atoms. The molecule has 2 aromatic carbocycles. The molecule has 146 valence electrons. The van der Waals surface area contributed by atoms with Crippen LogP contribution in [0, 0.1) is 13.8 Å². The van der Waals surface area contributed by atoms with Gasteiger partial charge < -0.3 is 0 Å². The highest BCUT2D eigenvalue weighted by molar-refractivity contribution is 6.54. The van der Waals surface area contributed by atoms with Gasteiger partial charge in [-0.05, 0) is 57.0 Å². The van der Waals surface area contributed by atoms with E-state index < -0.39 is 0 Å². The second-order valence-corrected chi connectivity index (χ2v) is 8.12. The van der Waals surface area contributed by atoms with Gasteiger partial charge in [0.2, 0.25) is 0 Å². The van der Waals surface area contributed by atoms with Crippen molar-refractivity contribution in [3.8, 4) is 0 Å². The highest BCUT2D eigenvalue weighted by Crippen LogP contribution is 2.33. The topological polar surface area (TPSA) is 35.9 Å². The minimum absolute atomic E-state index is 0.00441. The smallest absolute Gasteiger partial charge is 0.278 e. The fourth-order valence-corrected chi connectivity index (χ4v) is 4.35. The van der Waals surface area contributed by atoms with Crippen LogP contribution in [0.2, 0.25) is 0 Å². The molecule has 1 saturated carbocycles. The Balaban J connectivity index is 1.66. The minimum atomic E-state index is 0.00441. The summed E-state index contributed by atoms with van der Waals surface area (Å²) < 4.78 is 0. The largest absolute Gasteiger partial charge is 0.293 e. The van der Waals surface area contributed by atoms with Gasteiger partial charge in [0.05, 0.1) is 18.0 Å². The van der Waals surface area contributed by atoms with Crippen LogP contribution in [0.25, 0.3) is 0 Å². The Labute approximate surface area is 167 Å². The number of amides is 1. The number of hydrogen-bond acceptors (Lipinski definition) is 3. The number of aliphatic imine (C=N–C) groups is 1. The summed E-state index contributed by atoms with van der Waals surface area (Å²) in [5.41, 5.74) is 5.65. The first-order valence-electron chi connectivity index (χ1n) is 10.3. The van der Waals surface area contributed by atoms with Crippen molar-refractivity contribution in [3.05, 3.63) is 59.2 Å². The molecule has 2 aromatic rings. The first-order valence-corrected chi connectivity index (χ1v) is 10.3. The maximum atomic E-state index is 13.3. The van der Waals surface area contributed by atoms with E-state index in [9.17, 15) is 4.79 Å². The zero-order valence-electron chi connectivity index (χ0n) is 17.1. The third-order valence-electron chi connectivity index (χ3n) is 6.27. The van der Waals surface area contributed by atoms with Crippen LogP contribution in [0.3, 0.4) is 0 Å². The van der Waals surface area contributed by atoms with Crippen molar-refractivity contribution >= 4 is 23.0 Å². The molecule has 1 fully saturated rings. The third-order valence-corrected chi connectivity index (χ3v) is 6.27. The average Bonchev–Trinajstić information content (AvgIpc) is 2.98. The molecule has 0 N–H and O–H groups in total. The number of anilines is 1. The third kappa shape index (κ3) is 3.49. The Bertz CT molecular complexity index is 912. The van der Waals surface area contributed by atoms with Gasteiger partial charge in [-0.2, -0.15) is 0 Å². The Morgan fingerprint density at radius 1 is 1.04 bits per heavy atom. The Hall–Kier alpha value is -2.46. The highest BCUT2D eigenvalue weighted by Gasteiger charge is 2.35. The predicted octanol–water partition coefficient (Wildman–Crippen LogP) is 4.99. The fraction of sp³-hybridized carbons (Fsp3) is 0.417. The van der Waals surface area contributed by atoms with Gasteiger partial charge in [-0.3, -0.25) is 14.6 Å². The molecular weight excluding hydrogens is 346 g/mol. The van der Waals surface area contributed by atoms with Gasteiger partial charge in [-0.1, -0.05) is 49.6 Å². The van der Waals surface area contributed by atoms with Crippen LogP contribution >= 0.6 is 0 Å². The van der Waals surface area contributed by atoms with Gasteiger partial charge >= 0.3 is 0 Å². The number of para-hydroxylation sites is 1. The van der Waals surface area contributed by atoms with E-state index in [1.165, 1.54) is 37.7 Å². The summed E-state index contributed by atoms with van der Waals surface area (Å²) in [6.07, 6.45) is 6.37. The Morgan fingerprint density at radius 2 is 1.79 bits per heavy atom. The monoisotopic (exact) mass is 375 g/mol. The number of hydrogen-bond donors (Lipinski definition) is 0. The molecule has 4 heteroatoms. The lowest BCUT2D eigenvalue weighted by atomic mass is 9.95. The first-order chi connectivity index (χ1) is 13.6. The van der Waals surface area contributed by atoms with E-state index in [0.717, 1.165) is 22.5 Å². The fourth-order valence-electron chi connectivity index (χ4n) is 4.35. The number of benzene rings is 2. The van der Waals surface area contributed by atoms with Gasteiger partial charge in [-0.25, -0.2) is 4.99 Å². The second-order valence-electron chi connectivity index (χ2n) is 8.12. The number of carbonyl (C=O) groups excluding carboxylic acids is 1. The molecule has 1 heterocycles. The van der Waals surface area contributed by atoms with Crippen LogP contribution in [0.4, 0.5) is 11.4 Å². The molecule has 2 aliphatic rings. The average molecular weight is 376 g/mol. The van der Waals surface area contributed by atoms with E-state index >= 15 is 0 Å². The van der Waals surface area contributed by atoms with Crippen molar-refractivity contribution in [2.24, 2.45) is 4.99 Å². The molecular formula is C24H29N3O. The summed E-state index contributed by atoms with van der Waals surface area (Å²) in [6, 6.07) is 14.7. The number of fused-ring (bicyclic) bond motifs is 1. The summed E-state index contributed by atoms with van der Waals surface area (Å²) in [5.74, 6) is 0.00441. The van der Waals surface area contributed by atoms with E-state index in [1.807, 2.05) is 41.3 Å². The first kappa shape index (κ1) is 18.9. The van der Waals surface area contributed by atoms with Crippen LogP contribution in [-0.2, 0) is 4.79 Å². The molecule has 0 spiro atoms. The van der Waals surface area contributed by atoms with E-state index in [0.29, 0.717) is 18.4 Å². The van der Waals surface area contributed by atoms with Gasteiger partial charge in [-0.15, -0.1) is 0 Å². The molecule has 4 nitrogen and oxygen atoms in total. The van der Waals surface area contributed by atoms with Crippen molar-refractivity contribution in [2.45, 2.75) is 52.0 Å². The molecule has 1 aliphatic carbocycles. The SMILES string of the molecule is Cc1cccc(N=C2C(=O)N(CN(C)C3CCCCC3)c3ccccc32)c1C. The van der Waals surface area contributed by atoms with Gasteiger partial charge in [0.15, 0.2) is 0 Å². The van der Waals surface area contributed by atoms with Crippen molar-refractivity contribution in [1.82, 2.24) is 4.90 Å². The highest BCUT2D eigenvalue weighted by atomic mass is 16.2. The molecule has 4 rings (SSSR count). The number of carbonyl (C=O) groups is 1. The normalized spacial score (nSPS) is 18.9. The van der Waals surface area contributed by atoms with Crippen LogP contribution in [0.5, 0.6) is 0 Å². The zero-order valence-corrected chi connectivity index (χ0v) is 17.1. The maximum absolute atomic E-state index is 13.3. The van der Waals surface area contributed by atoms with Crippen LogP contribution in [0.1, 0.15) is 48.8 Å². The lowest BCUT2D eigenvalue weighted by molar-refractivity contribution is -0.112. The molecule has 1 amide bonds. The molecule has 0 radical (unpaired) electrons. The van der Waals surface area contributed by atoms with Crippen molar-refractivity contribution in [3.63, 3.8) is 0 Å². The maximum Gasteiger partial charge on any atom is 0.278 e. The van der Waals surface area contributed by atoms with Crippen LogP contribution < -0.4 is 4.90 Å². The number of aryl methyl sites for hydroxylation is 1. The van der Waals surface area contributed by atoms with E-state index in [4.69, 9.17) is 4.99 Å². The van der Waals surface area contributed by atoms with Crippen LogP contribution in [0.15, 0.2) is 47.5 Å². The Kier molecular flexibility index (Phi) is 5.31. The molecule has 1 aliphatic heterocycles. The van der Waals surface area contributed by atoms with Crippen molar-refractivity contribution in [1.29, 1.82) is 0 Å². The minimum Gasteiger partial charge on any atom is -0.293 e. The molecule has 0 saturated heterocycles. The molecule has 0 unspecified atom stereocenters. The summed E-state index contributed by atoms with van der Waals surface area (Å²) in [5, 5.41) is 0. The van der Waals surface area contributed by atoms with Gasteiger partial charge in [0.1, 0.15) is 5.71 Å². The lowest BCUT2D eigenvalue weighted by Gasteiger charge is -2.34. The van der Waals surface area contributed by atoms with Gasteiger partial charge in [0, 0.05) is 11.6 Å². The summed E-state index contributed by atoms with van der Waals surface area (Å²) in [4.78, 5) is 22.4. The summed E-state index contributed by atoms with van der Waals surface area (Å²) in [6.45, 7) is 4.76. The van der Waals surface area contributed by atoms with Gasteiger partial charge in [0.25, 0.3) is 5.91 Å². The molecule has 0 atom stereocenters. The second kappa shape index (κ2) is 7.88. The quantitative estimate of drug-likeness (QED) is 0.754. The lowest BCUT2D eigenvalue weighted by Crippen LogP contribution is -2.44. The number of nitrogens with zero attached hydrogens (tertiary/aromatic N) is 3. The van der Waals surface area contributed by atoms with Crippen LogP contribution in [-0.4, -0.2) is 36.3 Å². The van der Waals surface area contributed by atoms with E-state index in [1.54, 1.807) is 0 Å². The summed E-state index contributed by atoms with van der Waals surface area (Å²) >= 11 is 0. The van der Waals surface area contributed by atoms with Crippen molar-refractivity contribution in [2.75, 3.05) is 18.6 Å². The van der Waals surface area contributed by atoms with E-state index in [2.05, 4.69) is 31.9 Å². The molecule has 28 heavy (non-hydrogen) atoms. The van der Waals surface area contributed by atoms with Crippen molar-refractivity contribution < 1.29 is 4.79 Å². The predicted molar refractivity (Wildman–Crippen MR) is 116 cm³/mol.